The van der Waals surface area contributed by atoms with Crippen LogP contribution in [0.1, 0.15) is 19.5 Å². The molecule has 4 nitrogen and oxygen atoms in total. The maximum Gasteiger partial charge on any atom is 0.251 e. The van der Waals surface area contributed by atoms with Gasteiger partial charge in [0.1, 0.15) is 5.78 Å². The molecule has 0 bridgehead atoms. The van der Waals surface area contributed by atoms with E-state index < -0.39 is 0 Å². The van der Waals surface area contributed by atoms with Crippen molar-refractivity contribution < 1.29 is 4.79 Å². The molecule has 0 radical (unpaired) electrons. The van der Waals surface area contributed by atoms with Crippen molar-refractivity contribution in [1.82, 2.24) is 9.97 Å². The zero-order valence-corrected chi connectivity index (χ0v) is 9.14. The number of aromatic amines is 1. The molecule has 1 aromatic heterocycles. The SMILES string of the molecule is CC(=O)C(C)Sc1nc(C)cc(=O)[nH]1. The van der Waals surface area contributed by atoms with Gasteiger partial charge in [0.25, 0.3) is 5.56 Å². The van der Waals surface area contributed by atoms with Crippen molar-refractivity contribution in [2.24, 2.45) is 0 Å². The molecular formula is C9H12N2O2S. The Hall–Kier alpha value is -1.10. The van der Waals surface area contributed by atoms with Gasteiger partial charge in [-0.05, 0) is 20.8 Å². The molecule has 76 valence electrons. The summed E-state index contributed by atoms with van der Waals surface area (Å²) >= 11 is 1.26. The van der Waals surface area contributed by atoms with Gasteiger partial charge in [0.15, 0.2) is 5.16 Å². The summed E-state index contributed by atoms with van der Waals surface area (Å²) in [5, 5.41) is 0.317. The van der Waals surface area contributed by atoms with Crippen LogP contribution in [-0.4, -0.2) is 21.0 Å². The molecule has 14 heavy (non-hydrogen) atoms. The van der Waals surface area contributed by atoms with Crippen molar-refractivity contribution in [2.45, 2.75) is 31.2 Å². The van der Waals surface area contributed by atoms with E-state index in [1.807, 2.05) is 0 Å². The summed E-state index contributed by atoms with van der Waals surface area (Å²) in [5.41, 5.74) is 0.475. The Bertz CT molecular complexity index is 400. The zero-order valence-electron chi connectivity index (χ0n) is 8.33. The Morgan fingerprint density at radius 3 is 2.79 bits per heavy atom. The number of nitrogens with one attached hydrogen (secondary N) is 1. The second kappa shape index (κ2) is 4.41. The Labute approximate surface area is 86.1 Å². The second-order valence-electron chi connectivity index (χ2n) is 3.06. The lowest BCUT2D eigenvalue weighted by atomic mass is 10.3. The molecule has 5 heteroatoms. The van der Waals surface area contributed by atoms with Gasteiger partial charge in [-0.3, -0.25) is 9.59 Å². The van der Waals surface area contributed by atoms with Crippen LogP contribution in [0.3, 0.4) is 0 Å². The number of hydrogen-bond donors (Lipinski definition) is 1. The van der Waals surface area contributed by atoms with Gasteiger partial charge in [0.05, 0.1) is 5.25 Å². The number of rotatable bonds is 3. The Balaban J connectivity index is 2.87. The number of aromatic nitrogens is 2. The van der Waals surface area contributed by atoms with Crippen molar-refractivity contribution in [1.29, 1.82) is 0 Å². The van der Waals surface area contributed by atoms with Gasteiger partial charge >= 0.3 is 0 Å². The molecule has 1 unspecified atom stereocenters. The average molecular weight is 212 g/mol. The Kier molecular flexibility index (Phi) is 3.46. The van der Waals surface area contributed by atoms with Gasteiger partial charge < -0.3 is 4.98 Å². The van der Waals surface area contributed by atoms with Gasteiger partial charge in [-0.25, -0.2) is 4.98 Å². The molecule has 1 rings (SSSR count). The van der Waals surface area contributed by atoms with E-state index in [-0.39, 0.29) is 16.6 Å². The number of carbonyl (C=O) groups is 1. The van der Waals surface area contributed by atoms with Crippen LogP contribution < -0.4 is 5.56 Å². The third-order valence-electron chi connectivity index (χ3n) is 1.71. The van der Waals surface area contributed by atoms with Crippen molar-refractivity contribution in [3.05, 3.63) is 22.1 Å². The largest absolute Gasteiger partial charge is 0.301 e. The molecule has 1 heterocycles. The summed E-state index contributed by atoms with van der Waals surface area (Å²) in [4.78, 5) is 28.7. The van der Waals surface area contributed by atoms with Crippen LogP contribution in [-0.2, 0) is 4.79 Å². The normalized spacial score (nSPS) is 12.5. The number of ketones is 1. The van der Waals surface area contributed by atoms with E-state index >= 15 is 0 Å². The molecule has 0 amide bonds. The van der Waals surface area contributed by atoms with Crippen molar-refractivity contribution >= 4 is 17.5 Å². The number of thioether (sulfide) groups is 1. The minimum Gasteiger partial charge on any atom is -0.301 e. The zero-order chi connectivity index (χ0) is 10.7. The molecule has 1 atom stereocenters. The fourth-order valence-corrected chi connectivity index (χ4v) is 1.71. The number of Topliss-reactive ketones (excluding diaryl/α,β-unsaturated/α-hetero) is 1. The van der Waals surface area contributed by atoms with Gasteiger partial charge in [-0.1, -0.05) is 11.8 Å². The van der Waals surface area contributed by atoms with Crippen molar-refractivity contribution in [3.8, 4) is 0 Å². The topological polar surface area (TPSA) is 62.8 Å². The summed E-state index contributed by atoms with van der Waals surface area (Å²) in [7, 11) is 0. The third kappa shape index (κ3) is 2.99. The summed E-state index contributed by atoms with van der Waals surface area (Å²) in [5.74, 6) is 0.0687. The molecular weight excluding hydrogens is 200 g/mol. The second-order valence-corrected chi connectivity index (χ2v) is 4.39. The highest BCUT2D eigenvalue weighted by molar-refractivity contribution is 8.00. The smallest absolute Gasteiger partial charge is 0.251 e. The van der Waals surface area contributed by atoms with E-state index in [0.29, 0.717) is 10.9 Å². The Morgan fingerprint density at radius 1 is 1.64 bits per heavy atom. The van der Waals surface area contributed by atoms with E-state index in [2.05, 4.69) is 9.97 Å². The molecule has 0 aromatic carbocycles. The number of nitrogens with zero attached hydrogens (tertiary/aromatic N) is 1. The molecule has 0 spiro atoms. The van der Waals surface area contributed by atoms with E-state index in [0.717, 1.165) is 0 Å². The van der Waals surface area contributed by atoms with E-state index in [1.165, 1.54) is 24.8 Å². The monoisotopic (exact) mass is 212 g/mol. The fraction of sp³-hybridized carbons (Fsp3) is 0.444. The lowest BCUT2D eigenvalue weighted by Crippen LogP contribution is -2.13. The molecule has 0 aliphatic rings. The van der Waals surface area contributed by atoms with Crippen molar-refractivity contribution in [2.75, 3.05) is 0 Å². The van der Waals surface area contributed by atoms with Crippen LogP contribution in [0.15, 0.2) is 16.0 Å². The highest BCUT2D eigenvalue weighted by Gasteiger charge is 2.10. The van der Waals surface area contributed by atoms with Crippen LogP contribution in [0, 0.1) is 6.92 Å². The molecule has 0 saturated heterocycles. The first-order valence-electron chi connectivity index (χ1n) is 4.24. The summed E-state index contributed by atoms with van der Waals surface area (Å²) in [6.45, 7) is 5.05. The van der Waals surface area contributed by atoms with Gasteiger partial charge in [0, 0.05) is 11.8 Å². The standard InChI is InChI=1S/C9H12N2O2S/c1-5-4-8(13)11-9(10-5)14-7(3)6(2)12/h4,7H,1-3H3,(H,10,11,13). The summed E-state index contributed by atoms with van der Waals surface area (Å²) in [6.07, 6.45) is 0. The van der Waals surface area contributed by atoms with Gasteiger partial charge in [-0.15, -0.1) is 0 Å². The Morgan fingerprint density at radius 2 is 2.29 bits per heavy atom. The predicted molar refractivity (Wildman–Crippen MR) is 55.6 cm³/mol. The first kappa shape index (κ1) is 11.0. The molecule has 0 saturated carbocycles. The number of H-pyrrole nitrogens is 1. The minimum absolute atomic E-state index is 0.0687. The molecule has 0 aliphatic heterocycles. The van der Waals surface area contributed by atoms with Crippen LogP contribution in [0.5, 0.6) is 0 Å². The fourth-order valence-electron chi connectivity index (χ4n) is 0.858. The van der Waals surface area contributed by atoms with E-state index in [9.17, 15) is 9.59 Å². The first-order valence-corrected chi connectivity index (χ1v) is 5.12. The minimum atomic E-state index is -0.184. The first-order chi connectivity index (χ1) is 6.49. The lowest BCUT2D eigenvalue weighted by Gasteiger charge is -2.05. The van der Waals surface area contributed by atoms with Crippen LogP contribution in [0.2, 0.25) is 0 Å². The van der Waals surface area contributed by atoms with Crippen LogP contribution in [0.4, 0.5) is 0 Å². The van der Waals surface area contributed by atoms with Crippen LogP contribution >= 0.6 is 11.8 Å². The predicted octanol–water partition coefficient (Wildman–Crippen LogP) is 1.15. The quantitative estimate of drug-likeness (QED) is 0.603. The number of aryl methyl sites for hydroxylation is 1. The van der Waals surface area contributed by atoms with E-state index in [4.69, 9.17) is 0 Å². The summed E-state index contributed by atoms with van der Waals surface area (Å²) in [6, 6.07) is 1.42. The van der Waals surface area contributed by atoms with E-state index in [1.54, 1.807) is 13.8 Å². The highest BCUT2D eigenvalue weighted by Crippen LogP contribution is 2.18. The maximum absolute atomic E-state index is 11.1. The molecule has 1 aromatic rings. The molecule has 1 N–H and O–H groups in total. The summed E-state index contributed by atoms with van der Waals surface area (Å²) < 4.78 is 0. The number of carbonyl (C=O) groups excluding carboxylic acids is 1. The van der Waals surface area contributed by atoms with Gasteiger partial charge in [-0.2, -0.15) is 0 Å². The molecule has 0 fully saturated rings. The molecule has 0 aliphatic carbocycles. The third-order valence-corrected chi connectivity index (χ3v) is 2.81. The van der Waals surface area contributed by atoms with Gasteiger partial charge in [0.2, 0.25) is 0 Å². The average Bonchev–Trinajstić information content (AvgIpc) is 2.01. The lowest BCUT2D eigenvalue weighted by molar-refractivity contribution is -0.116. The maximum atomic E-state index is 11.1. The number of hydrogen-bond acceptors (Lipinski definition) is 4. The van der Waals surface area contributed by atoms with Crippen LogP contribution in [0.25, 0.3) is 0 Å². The van der Waals surface area contributed by atoms with Crippen molar-refractivity contribution in [3.63, 3.8) is 0 Å². The highest BCUT2D eigenvalue weighted by atomic mass is 32.2.